The van der Waals surface area contributed by atoms with Crippen LogP contribution in [0, 0.1) is 17.5 Å². The molecule has 0 spiro atoms. The van der Waals surface area contributed by atoms with Gasteiger partial charge < -0.3 is 11.1 Å². The van der Waals surface area contributed by atoms with Crippen molar-refractivity contribution in [3.05, 3.63) is 58.4 Å². The van der Waals surface area contributed by atoms with Gasteiger partial charge in [0, 0.05) is 17.8 Å². The molecule has 0 radical (unpaired) electrons. The van der Waals surface area contributed by atoms with Crippen molar-refractivity contribution >= 4 is 28.9 Å². The van der Waals surface area contributed by atoms with Gasteiger partial charge in [0.2, 0.25) is 0 Å². The molecule has 1 amide bonds. The Hall–Kier alpha value is -2.21. The van der Waals surface area contributed by atoms with Crippen LogP contribution < -0.4 is 11.1 Å². The summed E-state index contributed by atoms with van der Waals surface area (Å²) in [5, 5.41) is 2.09. The van der Waals surface area contributed by atoms with Gasteiger partial charge in [-0.3, -0.25) is 4.79 Å². The van der Waals surface area contributed by atoms with Crippen molar-refractivity contribution in [2.75, 3.05) is 11.1 Å². The van der Waals surface area contributed by atoms with Gasteiger partial charge in [0.25, 0.3) is 5.91 Å². The maximum atomic E-state index is 13.4. The lowest BCUT2D eigenvalue weighted by Crippen LogP contribution is -2.14. The van der Waals surface area contributed by atoms with Crippen molar-refractivity contribution in [3.63, 3.8) is 0 Å². The van der Waals surface area contributed by atoms with Gasteiger partial charge in [0.15, 0.2) is 11.6 Å². The summed E-state index contributed by atoms with van der Waals surface area (Å²) < 4.78 is 39.4. The third kappa shape index (κ3) is 2.85. The van der Waals surface area contributed by atoms with E-state index in [1.54, 1.807) is 0 Å². The second-order valence-electron chi connectivity index (χ2n) is 3.94. The molecule has 0 aliphatic carbocycles. The third-order valence-electron chi connectivity index (χ3n) is 2.48. The zero-order valence-electron chi connectivity index (χ0n) is 9.88. The second-order valence-corrected chi connectivity index (χ2v) is 4.35. The van der Waals surface area contributed by atoms with Crippen LogP contribution in [-0.2, 0) is 0 Å². The van der Waals surface area contributed by atoms with Gasteiger partial charge in [-0.05, 0) is 18.2 Å². The molecule has 0 aromatic heterocycles. The van der Waals surface area contributed by atoms with E-state index in [1.807, 2.05) is 5.32 Å². The molecule has 104 valence electrons. The average molecular weight is 301 g/mol. The van der Waals surface area contributed by atoms with Crippen LogP contribution in [0.15, 0.2) is 30.3 Å². The molecule has 0 bridgehead atoms. The number of anilines is 2. The van der Waals surface area contributed by atoms with E-state index in [4.69, 9.17) is 17.3 Å². The zero-order valence-corrected chi connectivity index (χ0v) is 10.6. The van der Waals surface area contributed by atoms with Crippen molar-refractivity contribution in [3.8, 4) is 0 Å². The number of nitrogens with two attached hydrogens (primary N) is 1. The Kier molecular flexibility index (Phi) is 3.85. The van der Waals surface area contributed by atoms with Crippen molar-refractivity contribution in [1.29, 1.82) is 0 Å². The van der Waals surface area contributed by atoms with Gasteiger partial charge >= 0.3 is 0 Å². The van der Waals surface area contributed by atoms with Crippen molar-refractivity contribution in [2.45, 2.75) is 0 Å². The number of amides is 1. The van der Waals surface area contributed by atoms with E-state index >= 15 is 0 Å². The quantitative estimate of drug-likeness (QED) is 0.658. The first-order valence-electron chi connectivity index (χ1n) is 5.39. The van der Waals surface area contributed by atoms with E-state index in [1.165, 1.54) is 18.2 Å². The fraction of sp³-hybridized carbons (Fsp3) is 0. The number of hydrogen-bond acceptors (Lipinski definition) is 2. The van der Waals surface area contributed by atoms with Crippen LogP contribution in [0.2, 0.25) is 5.02 Å². The molecule has 0 aliphatic heterocycles. The van der Waals surface area contributed by atoms with E-state index in [0.717, 1.165) is 0 Å². The summed E-state index contributed by atoms with van der Waals surface area (Å²) in [6, 6.07) is 5.12. The summed E-state index contributed by atoms with van der Waals surface area (Å²) in [4.78, 5) is 11.9. The third-order valence-corrected chi connectivity index (χ3v) is 2.79. The molecule has 0 aliphatic rings. The van der Waals surface area contributed by atoms with Crippen LogP contribution in [0.25, 0.3) is 0 Å². The van der Waals surface area contributed by atoms with Gasteiger partial charge in [0.05, 0.1) is 16.3 Å². The highest BCUT2D eigenvalue weighted by molar-refractivity contribution is 6.34. The summed E-state index contributed by atoms with van der Waals surface area (Å²) in [5.74, 6) is -4.57. The number of rotatable bonds is 2. The molecule has 2 rings (SSSR count). The fourth-order valence-electron chi connectivity index (χ4n) is 1.55. The highest BCUT2D eigenvalue weighted by atomic mass is 35.5. The molecule has 0 atom stereocenters. The van der Waals surface area contributed by atoms with Gasteiger partial charge in [-0.1, -0.05) is 11.6 Å². The molecule has 2 aromatic carbocycles. The smallest absolute Gasteiger partial charge is 0.257 e. The standard InChI is InChI=1S/C13H8ClF3N2O/c14-9-5-7(18)1-2-8(9)13(20)19-11-4-6(15)3-10(16)12(11)17/h1-5H,18H2,(H,19,20). The molecule has 0 saturated heterocycles. The summed E-state index contributed by atoms with van der Waals surface area (Å²) in [6.45, 7) is 0. The van der Waals surface area contributed by atoms with Crippen molar-refractivity contribution in [1.82, 2.24) is 0 Å². The summed E-state index contributed by atoms with van der Waals surface area (Å²) in [6.07, 6.45) is 0. The van der Waals surface area contributed by atoms with Crippen LogP contribution in [0.5, 0.6) is 0 Å². The van der Waals surface area contributed by atoms with Crippen molar-refractivity contribution < 1.29 is 18.0 Å². The van der Waals surface area contributed by atoms with Gasteiger partial charge in [-0.2, -0.15) is 0 Å². The maximum absolute atomic E-state index is 13.4. The fourth-order valence-corrected chi connectivity index (χ4v) is 1.83. The highest BCUT2D eigenvalue weighted by Gasteiger charge is 2.16. The average Bonchev–Trinajstić information content (AvgIpc) is 2.35. The second kappa shape index (κ2) is 5.42. The van der Waals surface area contributed by atoms with Gasteiger partial charge in [0.1, 0.15) is 5.82 Å². The first kappa shape index (κ1) is 14.2. The normalized spacial score (nSPS) is 10.4. The van der Waals surface area contributed by atoms with Crippen LogP contribution in [0.1, 0.15) is 10.4 Å². The van der Waals surface area contributed by atoms with E-state index in [2.05, 4.69) is 0 Å². The number of hydrogen-bond donors (Lipinski definition) is 2. The monoisotopic (exact) mass is 300 g/mol. The SMILES string of the molecule is Nc1ccc(C(=O)Nc2cc(F)cc(F)c2F)c(Cl)c1. The minimum Gasteiger partial charge on any atom is -0.399 e. The lowest BCUT2D eigenvalue weighted by Gasteiger charge is -2.09. The molecular weight excluding hydrogens is 293 g/mol. The largest absolute Gasteiger partial charge is 0.399 e. The zero-order chi connectivity index (χ0) is 14.9. The first-order chi connectivity index (χ1) is 9.38. The minimum absolute atomic E-state index is 0.00457. The molecule has 20 heavy (non-hydrogen) atoms. The maximum Gasteiger partial charge on any atom is 0.257 e. The Balaban J connectivity index is 2.32. The van der Waals surface area contributed by atoms with Crippen LogP contribution in [-0.4, -0.2) is 5.91 Å². The highest BCUT2D eigenvalue weighted by Crippen LogP contribution is 2.23. The van der Waals surface area contributed by atoms with Crippen LogP contribution >= 0.6 is 11.6 Å². The molecule has 3 nitrogen and oxygen atoms in total. The molecule has 0 saturated carbocycles. The van der Waals surface area contributed by atoms with Gasteiger partial charge in [-0.25, -0.2) is 13.2 Å². The summed E-state index contributed by atoms with van der Waals surface area (Å²) in [5.41, 5.74) is 5.20. The van der Waals surface area contributed by atoms with Gasteiger partial charge in [-0.15, -0.1) is 0 Å². The Bertz CT molecular complexity index is 692. The number of nitrogen functional groups attached to an aromatic ring is 1. The number of nitrogens with one attached hydrogen (secondary N) is 1. The van der Waals surface area contributed by atoms with E-state index < -0.39 is 29.0 Å². The lowest BCUT2D eigenvalue weighted by molar-refractivity contribution is 0.102. The predicted molar refractivity (Wildman–Crippen MR) is 70.1 cm³/mol. The Labute approximate surface area is 117 Å². The Morgan fingerprint density at radius 3 is 2.50 bits per heavy atom. The van der Waals surface area contributed by atoms with Crippen molar-refractivity contribution in [2.24, 2.45) is 0 Å². The summed E-state index contributed by atoms with van der Waals surface area (Å²) in [7, 11) is 0. The molecule has 3 N–H and O–H groups in total. The molecular formula is C13H8ClF3N2O. The molecule has 7 heteroatoms. The predicted octanol–water partition coefficient (Wildman–Crippen LogP) is 3.59. The minimum atomic E-state index is -1.40. The van der Waals surface area contributed by atoms with E-state index in [9.17, 15) is 18.0 Å². The van der Waals surface area contributed by atoms with Crippen LogP contribution in [0.4, 0.5) is 24.5 Å². The number of carbonyl (C=O) groups is 1. The molecule has 0 heterocycles. The Morgan fingerprint density at radius 1 is 1.15 bits per heavy atom. The Morgan fingerprint density at radius 2 is 1.85 bits per heavy atom. The topological polar surface area (TPSA) is 55.1 Å². The molecule has 2 aromatic rings. The molecule has 0 fully saturated rings. The number of benzene rings is 2. The van der Waals surface area contributed by atoms with E-state index in [0.29, 0.717) is 17.8 Å². The van der Waals surface area contributed by atoms with E-state index in [-0.39, 0.29) is 10.6 Å². The molecule has 0 unspecified atom stereocenters. The first-order valence-corrected chi connectivity index (χ1v) is 5.77. The lowest BCUT2D eigenvalue weighted by atomic mass is 10.2. The number of halogens is 4. The number of carbonyl (C=O) groups excluding carboxylic acids is 1. The van der Waals surface area contributed by atoms with Crippen LogP contribution in [0.3, 0.4) is 0 Å². The summed E-state index contributed by atoms with van der Waals surface area (Å²) >= 11 is 5.81.